The van der Waals surface area contributed by atoms with Crippen molar-refractivity contribution >= 4 is 27.9 Å². The summed E-state index contributed by atoms with van der Waals surface area (Å²) >= 11 is 3.56. The molecule has 0 aromatic heterocycles. The maximum Gasteiger partial charge on any atom is 0.314 e. The molecule has 21 heavy (non-hydrogen) atoms. The molecule has 3 N–H and O–H groups in total. The number of carbonyl (C=O) groups is 2. The molecule has 1 aromatic rings. The summed E-state index contributed by atoms with van der Waals surface area (Å²) in [5, 5.41) is 14.1. The first kappa shape index (κ1) is 15.8. The standard InChI is InChI=1S/C15H19BrN2O3/c16-12-5-2-1-4-11(12)15(7-8-15)10-18-14(21)17-9-3-6-13(19)20/h1-2,4-5H,3,6-10H2,(H,19,20)(H2,17,18,21). The van der Waals surface area contributed by atoms with Gasteiger partial charge < -0.3 is 15.7 Å². The molecular weight excluding hydrogens is 336 g/mol. The third-order valence-corrected chi connectivity index (χ3v) is 4.43. The molecule has 0 spiro atoms. The number of halogens is 1. The summed E-state index contributed by atoms with van der Waals surface area (Å²) in [6.07, 6.45) is 2.64. The number of carboxylic acid groups (broad SMARTS) is 1. The van der Waals surface area contributed by atoms with Crippen molar-refractivity contribution < 1.29 is 14.7 Å². The van der Waals surface area contributed by atoms with Crippen molar-refractivity contribution in [2.24, 2.45) is 0 Å². The van der Waals surface area contributed by atoms with Gasteiger partial charge in [0.25, 0.3) is 0 Å². The maximum atomic E-state index is 11.7. The van der Waals surface area contributed by atoms with E-state index in [1.54, 1.807) is 0 Å². The van der Waals surface area contributed by atoms with E-state index in [1.165, 1.54) is 5.56 Å². The number of carbonyl (C=O) groups excluding carboxylic acids is 1. The largest absolute Gasteiger partial charge is 0.481 e. The van der Waals surface area contributed by atoms with Crippen LogP contribution in [0.5, 0.6) is 0 Å². The molecule has 0 aliphatic heterocycles. The van der Waals surface area contributed by atoms with Gasteiger partial charge in [0.05, 0.1) is 0 Å². The number of hydrogen-bond donors (Lipinski definition) is 3. The van der Waals surface area contributed by atoms with E-state index >= 15 is 0 Å². The van der Waals surface area contributed by atoms with E-state index < -0.39 is 5.97 Å². The fraction of sp³-hybridized carbons (Fsp3) is 0.467. The van der Waals surface area contributed by atoms with E-state index in [9.17, 15) is 9.59 Å². The molecule has 1 fully saturated rings. The fourth-order valence-electron chi connectivity index (χ4n) is 2.34. The van der Waals surface area contributed by atoms with E-state index in [0.717, 1.165) is 17.3 Å². The Morgan fingerprint density at radius 1 is 1.24 bits per heavy atom. The van der Waals surface area contributed by atoms with Gasteiger partial charge >= 0.3 is 12.0 Å². The molecule has 1 aliphatic rings. The van der Waals surface area contributed by atoms with Gasteiger partial charge in [0, 0.05) is 29.4 Å². The van der Waals surface area contributed by atoms with Crippen molar-refractivity contribution in [3.05, 3.63) is 34.3 Å². The van der Waals surface area contributed by atoms with Crippen LogP contribution in [0.4, 0.5) is 4.79 Å². The third kappa shape index (κ3) is 4.46. The Morgan fingerprint density at radius 2 is 1.95 bits per heavy atom. The predicted octanol–water partition coefficient (Wildman–Crippen LogP) is 2.64. The molecule has 0 radical (unpaired) electrons. The second-order valence-corrected chi connectivity index (χ2v) is 6.22. The summed E-state index contributed by atoms with van der Waals surface area (Å²) in [4.78, 5) is 22.1. The number of hydrogen-bond acceptors (Lipinski definition) is 2. The Morgan fingerprint density at radius 3 is 2.57 bits per heavy atom. The van der Waals surface area contributed by atoms with Crippen molar-refractivity contribution in [2.75, 3.05) is 13.1 Å². The number of carboxylic acids is 1. The van der Waals surface area contributed by atoms with Crippen LogP contribution in [-0.4, -0.2) is 30.2 Å². The number of urea groups is 1. The van der Waals surface area contributed by atoms with E-state index in [0.29, 0.717) is 19.5 Å². The molecule has 0 heterocycles. The van der Waals surface area contributed by atoms with Crippen LogP contribution in [0.3, 0.4) is 0 Å². The average molecular weight is 355 g/mol. The van der Waals surface area contributed by atoms with Gasteiger partial charge in [-0.15, -0.1) is 0 Å². The van der Waals surface area contributed by atoms with E-state index in [1.807, 2.05) is 18.2 Å². The van der Waals surface area contributed by atoms with Crippen LogP contribution in [0.25, 0.3) is 0 Å². The summed E-state index contributed by atoms with van der Waals surface area (Å²) in [5.41, 5.74) is 1.27. The molecule has 6 heteroatoms. The minimum absolute atomic E-state index is 0.0402. The second-order valence-electron chi connectivity index (χ2n) is 5.37. The normalized spacial score (nSPS) is 15.3. The van der Waals surface area contributed by atoms with Gasteiger partial charge in [0.1, 0.15) is 0 Å². The minimum Gasteiger partial charge on any atom is -0.481 e. The van der Waals surface area contributed by atoms with Crippen molar-refractivity contribution in [1.82, 2.24) is 10.6 Å². The SMILES string of the molecule is O=C(O)CCCNC(=O)NCC1(c2ccccc2Br)CC1. The van der Waals surface area contributed by atoms with Gasteiger partial charge in [-0.1, -0.05) is 34.1 Å². The van der Waals surface area contributed by atoms with Crippen molar-refractivity contribution in [3.63, 3.8) is 0 Å². The van der Waals surface area contributed by atoms with Gasteiger partial charge in [0.2, 0.25) is 0 Å². The van der Waals surface area contributed by atoms with Crippen LogP contribution in [0.2, 0.25) is 0 Å². The Bertz CT molecular complexity index is 529. The number of benzene rings is 1. The fourth-order valence-corrected chi connectivity index (χ4v) is 3.04. The van der Waals surface area contributed by atoms with Crippen LogP contribution in [0.15, 0.2) is 28.7 Å². The zero-order valence-electron chi connectivity index (χ0n) is 11.7. The predicted molar refractivity (Wildman–Crippen MR) is 83.3 cm³/mol. The average Bonchev–Trinajstić information content (AvgIpc) is 3.23. The highest BCUT2D eigenvalue weighted by atomic mass is 79.9. The summed E-state index contributed by atoms with van der Waals surface area (Å²) in [5.74, 6) is -0.844. The summed E-state index contributed by atoms with van der Waals surface area (Å²) in [7, 11) is 0. The molecule has 5 nitrogen and oxygen atoms in total. The Kier molecular flexibility index (Phi) is 5.22. The zero-order valence-corrected chi connectivity index (χ0v) is 13.3. The molecule has 0 saturated heterocycles. The first-order chi connectivity index (χ1) is 10.0. The quantitative estimate of drug-likeness (QED) is 0.658. The first-order valence-electron chi connectivity index (χ1n) is 7.02. The highest BCUT2D eigenvalue weighted by Crippen LogP contribution is 2.49. The molecule has 1 saturated carbocycles. The van der Waals surface area contributed by atoms with Crippen LogP contribution >= 0.6 is 15.9 Å². The van der Waals surface area contributed by atoms with Crippen LogP contribution in [0.1, 0.15) is 31.2 Å². The number of aliphatic carboxylic acids is 1. The Labute approximate surface area is 132 Å². The molecule has 1 aliphatic carbocycles. The summed E-state index contributed by atoms with van der Waals surface area (Å²) < 4.78 is 1.08. The monoisotopic (exact) mass is 354 g/mol. The van der Waals surface area contributed by atoms with Crippen LogP contribution in [0, 0.1) is 0 Å². The zero-order chi connectivity index (χ0) is 15.3. The van der Waals surface area contributed by atoms with Gasteiger partial charge in [-0.3, -0.25) is 4.79 Å². The summed E-state index contributed by atoms with van der Waals surface area (Å²) in [6.45, 7) is 0.973. The smallest absolute Gasteiger partial charge is 0.314 e. The molecule has 0 atom stereocenters. The highest BCUT2D eigenvalue weighted by molar-refractivity contribution is 9.10. The van der Waals surface area contributed by atoms with Crippen molar-refractivity contribution in [1.29, 1.82) is 0 Å². The van der Waals surface area contributed by atoms with Crippen LogP contribution in [-0.2, 0) is 10.2 Å². The molecule has 0 bridgehead atoms. The lowest BCUT2D eigenvalue weighted by Gasteiger charge is -2.18. The van der Waals surface area contributed by atoms with Crippen LogP contribution < -0.4 is 10.6 Å². The number of amides is 2. The van der Waals surface area contributed by atoms with Gasteiger partial charge in [-0.05, 0) is 30.9 Å². The third-order valence-electron chi connectivity index (χ3n) is 3.74. The Hall–Kier alpha value is -1.56. The lowest BCUT2D eigenvalue weighted by molar-refractivity contribution is -0.137. The molecular formula is C15H19BrN2O3. The van der Waals surface area contributed by atoms with E-state index in [4.69, 9.17) is 5.11 Å². The maximum absolute atomic E-state index is 11.7. The van der Waals surface area contributed by atoms with E-state index in [-0.39, 0.29) is 17.9 Å². The van der Waals surface area contributed by atoms with Gasteiger partial charge in [-0.2, -0.15) is 0 Å². The molecule has 0 unspecified atom stereocenters. The van der Waals surface area contributed by atoms with Gasteiger partial charge in [0.15, 0.2) is 0 Å². The number of nitrogens with one attached hydrogen (secondary N) is 2. The molecule has 1 aromatic carbocycles. The highest BCUT2D eigenvalue weighted by Gasteiger charge is 2.45. The molecule has 2 amide bonds. The van der Waals surface area contributed by atoms with Crippen molar-refractivity contribution in [2.45, 2.75) is 31.1 Å². The first-order valence-corrected chi connectivity index (χ1v) is 7.81. The Balaban J connectivity index is 1.76. The minimum atomic E-state index is -0.844. The lowest BCUT2D eigenvalue weighted by atomic mass is 9.96. The topological polar surface area (TPSA) is 78.4 Å². The lowest BCUT2D eigenvalue weighted by Crippen LogP contribution is -2.40. The number of rotatable bonds is 7. The molecule has 114 valence electrons. The van der Waals surface area contributed by atoms with Gasteiger partial charge in [-0.25, -0.2) is 4.79 Å². The van der Waals surface area contributed by atoms with Crippen molar-refractivity contribution in [3.8, 4) is 0 Å². The summed E-state index contributed by atoms with van der Waals surface area (Å²) in [6, 6.07) is 7.85. The second kappa shape index (κ2) is 6.93. The van der Waals surface area contributed by atoms with E-state index in [2.05, 4.69) is 32.6 Å². The molecule has 2 rings (SSSR count).